The molecule has 1 aliphatic rings. The lowest BCUT2D eigenvalue weighted by Gasteiger charge is -2.16. The highest BCUT2D eigenvalue weighted by atomic mass is 16.6. The number of esters is 1. The number of aromatic nitrogens is 2. The van der Waals surface area contributed by atoms with Crippen molar-refractivity contribution >= 4 is 11.8 Å². The van der Waals surface area contributed by atoms with E-state index < -0.39 is 30.2 Å². The molecule has 0 spiro atoms. The number of hydrogen-bond donors (Lipinski definition) is 3. The average Bonchev–Trinajstić information content (AvgIpc) is 2.99. The highest BCUT2D eigenvalue weighted by Gasteiger charge is 2.44. The molecular formula is C21H35N3O6. The minimum Gasteiger partial charge on any atom is -0.463 e. The first-order valence-electron chi connectivity index (χ1n) is 11.0. The molecule has 2 rings (SSSR count). The molecule has 0 unspecified atom stereocenters. The Morgan fingerprint density at radius 1 is 1.13 bits per heavy atom. The van der Waals surface area contributed by atoms with Crippen molar-refractivity contribution in [2.75, 3.05) is 12.3 Å². The van der Waals surface area contributed by atoms with Gasteiger partial charge in [-0.05, 0) is 12.5 Å². The van der Waals surface area contributed by atoms with Crippen LogP contribution in [0.3, 0.4) is 0 Å². The summed E-state index contributed by atoms with van der Waals surface area (Å²) in [5.74, 6) is -0.315. The van der Waals surface area contributed by atoms with Gasteiger partial charge in [-0.3, -0.25) is 9.36 Å². The van der Waals surface area contributed by atoms with Gasteiger partial charge in [0.25, 0.3) is 0 Å². The van der Waals surface area contributed by atoms with Gasteiger partial charge in [-0.25, -0.2) is 4.79 Å². The molecule has 1 aliphatic heterocycles. The number of carbonyl (C=O) groups excluding carboxylic acids is 1. The van der Waals surface area contributed by atoms with Gasteiger partial charge < -0.3 is 25.4 Å². The van der Waals surface area contributed by atoms with Crippen molar-refractivity contribution in [1.82, 2.24) is 9.55 Å². The summed E-state index contributed by atoms with van der Waals surface area (Å²) in [6.45, 7) is 2.01. The number of aliphatic hydroxyl groups excluding tert-OH is 2. The molecule has 0 aromatic carbocycles. The van der Waals surface area contributed by atoms with Gasteiger partial charge in [0.2, 0.25) is 0 Å². The van der Waals surface area contributed by atoms with Crippen molar-refractivity contribution in [1.29, 1.82) is 0 Å². The lowest BCUT2D eigenvalue weighted by Crippen LogP contribution is -2.36. The van der Waals surface area contributed by atoms with E-state index in [-0.39, 0.29) is 18.4 Å². The molecule has 9 heteroatoms. The number of hydrogen-bond acceptors (Lipinski definition) is 8. The number of nitrogens with two attached hydrogens (primary N) is 1. The lowest BCUT2D eigenvalue weighted by molar-refractivity contribution is -0.150. The Kier molecular flexibility index (Phi) is 10.3. The summed E-state index contributed by atoms with van der Waals surface area (Å²) in [7, 11) is 0. The van der Waals surface area contributed by atoms with Crippen LogP contribution in [0, 0.1) is 0 Å². The largest absolute Gasteiger partial charge is 0.463 e. The molecule has 170 valence electrons. The average molecular weight is 426 g/mol. The maximum atomic E-state index is 11.9. The Balaban J connectivity index is 1.65. The molecule has 1 fully saturated rings. The van der Waals surface area contributed by atoms with E-state index in [1.807, 2.05) is 0 Å². The Hall–Kier alpha value is -1.97. The zero-order chi connectivity index (χ0) is 21.9. The molecule has 4 atom stereocenters. The van der Waals surface area contributed by atoms with Crippen LogP contribution in [0.25, 0.3) is 0 Å². The Bertz CT molecular complexity index is 710. The van der Waals surface area contributed by atoms with Crippen LogP contribution >= 0.6 is 0 Å². The Morgan fingerprint density at radius 3 is 2.40 bits per heavy atom. The third-order valence-corrected chi connectivity index (χ3v) is 5.36. The number of carbonyl (C=O) groups is 1. The molecule has 1 aromatic rings. The summed E-state index contributed by atoms with van der Waals surface area (Å²) in [6.07, 6.45) is 7.39. The minimum atomic E-state index is -1.35. The van der Waals surface area contributed by atoms with Gasteiger partial charge in [-0.2, -0.15) is 4.98 Å². The predicted molar refractivity (Wildman–Crippen MR) is 112 cm³/mol. The second kappa shape index (κ2) is 12.7. The summed E-state index contributed by atoms with van der Waals surface area (Å²) < 4.78 is 11.8. The second-order valence-electron chi connectivity index (χ2n) is 7.85. The normalized spacial score (nSPS) is 23.6. The Labute approximate surface area is 177 Å². The van der Waals surface area contributed by atoms with Gasteiger partial charge >= 0.3 is 11.7 Å². The third-order valence-electron chi connectivity index (χ3n) is 5.36. The van der Waals surface area contributed by atoms with E-state index in [4.69, 9.17) is 15.2 Å². The smallest absolute Gasteiger partial charge is 0.351 e. The molecule has 1 aromatic heterocycles. The first-order chi connectivity index (χ1) is 14.4. The van der Waals surface area contributed by atoms with Gasteiger partial charge in [0, 0.05) is 12.6 Å². The number of ether oxygens (including phenoxy) is 2. The molecule has 4 N–H and O–H groups in total. The maximum Gasteiger partial charge on any atom is 0.351 e. The zero-order valence-electron chi connectivity index (χ0n) is 17.7. The third kappa shape index (κ3) is 7.37. The summed E-state index contributed by atoms with van der Waals surface area (Å²) in [6, 6.07) is 1.39. The molecule has 30 heavy (non-hydrogen) atoms. The molecular weight excluding hydrogens is 390 g/mol. The SMILES string of the molecule is CCCCCCCCCCCC(=O)OC[C@H]1O[C@@H](n2ccc(N)nc2=O)[C@@H](O)[C@@H]1O. The van der Waals surface area contributed by atoms with Gasteiger partial charge in [0.15, 0.2) is 6.23 Å². The van der Waals surface area contributed by atoms with E-state index in [0.717, 1.165) is 23.8 Å². The fourth-order valence-corrected chi connectivity index (χ4v) is 3.54. The summed E-state index contributed by atoms with van der Waals surface area (Å²) in [5.41, 5.74) is 4.75. The van der Waals surface area contributed by atoms with E-state index in [2.05, 4.69) is 11.9 Å². The van der Waals surface area contributed by atoms with E-state index in [1.165, 1.54) is 50.8 Å². The van der Waals surface area contributed by atoms with Crippen LogP contribution in [-0.2, 0) is 14.3 Å². The van der Waals surface area contributed by atoms with Crippen molar-refractivity contribution in [3.63, 3.8) is 0 Å². The Morgan fingerprint density at radius 2 is 1.77 bits per heavy atom. The highest BCUT2D eigenvalue weighted by molar-refractivity contribution is 5.69. The number of aliphatic hydroxyl groups is 2. The second-order valence-corrected chi connectivity index (χ2v) is 7.85. The molecule has 0 saturated carbocycles. The molecule has 0 bridgehead atoms. The standard InChI is InChI=1S/C21H35N3O6/c1-2-3-4-5-6-7-8-9-10-11-17(25)29-14-15-18(26)19(27)20(30-15)24-13-12-16(22)23-21(24)28/h12-13,15,18-20,26-27H,2-11,14H2,1H3,(H2,22,23,28)/t15-,18-,19+,20-/m1/s1. The number of anilines is 1. The van der Waals surface area contributed by atoms with Crippen molar-refractivity contribution in [2.24, 2.45) is 0 Å². The van der Waals surface area contributed by atoms with Crippen LogP contribution < -0.4 is 11.4 Å². The quantitative estimate of drug-likeness (QED) is 0.322. The van der Waals surface area contributed by atoms with Crippen LogP contribution in [-0.4, -0.2) is 50.7 Å². The molecule has 0 amide bonds. The van der Waals surface area contributed by atoms with Gasteiger partial charge in [-0.15, -0.1) is 0 Å². The van der Waals surface area contributed by atoms with Crippen LogP contribution in [0.5, 0.6) is 0 Å². The fourth-order valence-electron chi connectivity index (χ4n) is 3.54. The first kappa shape index (κ1) is 24.3. The summed E-state index contributed by atoms with van der Waals surface area (Å²) >= 11 is 0. The van der Waals surface area contributed by atoms with E-state index in [9.17, 15) is 19.8 Å². The van der Waals surface area contributed by atoms with E-state index in [1.54, 1.807) is 0 Å². The predicted octanol–water partition coefficient (Wildman–Crippen LogP) is 1.91. The van der Waals surface area contributed by atoms with Gasteiger partial charge in [0.1, 0.15) is 30.7 Å². The molecule has 2 heterocycles. The lowest BCUT2D eigenvalue weighted by atomic mass is 10.1. The minimum absolute atomic E-state index is 0.0475. The highest BCUT2D eigenvalue weighted by Crippen LogP contribution is 2.28. The van der Waals surface area contributed by atoms with Crippen molar-refractivity contribution in [3.05, 3.63) is 22.7 Å². The molecule has 1 saturated heterocycles. The first-order valence-corrected chi connectivity index (χ1v) is 11.0. The van der Waals surface area contributed by atoms with Crippen LogP contribution in [0.4, 0.5) is 5.82 Å². The number of rotatable bonds is 13. The van der Waals surface area contributed by atoms with Gasteiger partial charge in [-0.1, -0.05) is 58.3 Å². The van der Waals surface area contributed by atoms with E-state index in [0.29, 0.717) is 6.42 Å². The van der Waals surface area contributed by atoms with Crippen molar-refractivity contribution < 1.29 is 24.5 Å². The van der Waals surface area contributed by atoms with Crippen molar-refractivity contribution in [2.45, 2.75) is 95.7 Å². The van der Waals surface area contributed by atoms with Crippen LogP contribution in [0.1, 0.15) is 77.4 Å². The number of unbranched alkanes of at least 4 members (excludes halogenated alkanes) is 8. The van der Waals surface area contributed by atoms with Crippen LogP contribution in [0.15, 0.2) is 17.1 Å². The van der Waals surface area contributed by atoms with E-state index >= 15 is 0 Å². The summed E-state index contributed by atoms with van der Waals surface area (Å²) in [4.78, 5) is 27.4. The van der Waals surface area contributed by atoms with Crippen molar-refractivity contribution in [3.8, 4) is 0 Å². The molecule has 0 aliphatic carbocycles. The topological polar surface area (TPSA) is 137 Å². The van der Waals surface area contributed by atoms with Gasteiger partial charge in [0.05, 0.1) is 0 Å². The molecule has 0 radical (unpaired) electrons. The summed E-state index contributed by atoms with van der Waals surface area (Å²) in [5, 5.41) is 20.4. The monoisotopic (exact) mass is 425 g/mol. The maximum absolute atomic E-state index is 11.9. The number of nitrogens with zero attached hydrogens (tertiary/aromatic N) is 2. The molecule has 9 nitrogen and oxygen atoms in total. The number of nitrogen functional groups attached to an aromatic ring is 1. The fraction of sp³-hybridized carbons (Fsp3) is 0.762. The zero-order valence-corrected chi connectivity index (χ0v) is 17.7. The van der Waals surface area contributed by atoms with Crippen LogP contribution in [0.2, 0.25) is 0 Å².